The molecule has 40 heavy (non-hydrogen) atoms. The van der Waals surface area contributed by atoms with Crippen molar-refractivity contribution in [3.63, 3.8) is 0 Å². The van der Waals surface area contributed by atoms with E-state index < -0.39 is 0 Å². The minimum atomic E-state index is -0.0844. The van der Waals surface area contributed by atoms with Gasteiger partial charge >= 0.3 is 11.9 Å². The number of carbonyl (C=O) groups is 2. The highest BCUT2D eigenvalue weighted by Gasteiger charge is 2.32. The second kappa shape index (κ2) is 25.3. The summed E-state index contributed by atoms with van der Waals surface area (Å²) in [5.41, 5.74) is 0. The first-order valence-corrected chi connectivity index (χ1v) is 15.9. The Morgan fingerprint density at radius 2 is 1.12 bits per heavy atom. The normalized spacial score (nSPS) is 15.1. The number of unbranched alkanes of at least 4 members (excludes halogenated alkanes) is 12. The molecule has 1 aliphatic rings. The Morgan fingerprint density at radius 3 is 1.60 bits per heavy atom. The quantitative estimate of drug-likeness (QED) is 0.0812. The number of rotatable bonds is 23. The SMILES string of the molecule is CCCCCCCCCOC(=O)C[N+](C)(C)CCN1CC[N+](C)(CC(=O)OCCCCCCCCC)CC1.[Br-].[Br-]. The third-order valence-electron chi connectivity index (χ3n) is 8.02. The zero-order chi connectivity index (χ0) is 28.1. The molecule has 0 aliphatic carbocycles. The molecule has 0 aromatic heterocycles. The summed E-state index contributed by atoms with van der Waals surface area (Å²) in [6.45, 7) is 12.2. The Hall–Kier alpha value is -0.220. The molecule has 1 saturated heterocycles. The van der Waals surface area contributed by atoms with E-state index in [-0.39, 0.29) is 45.9 Å². The van der Waals surface area contributed by atoms with Crippen LogP contribution >= 0.6 is 0 Å². The van der Waals surface area contributed by atoms with Gasteiger partial charge in [-0.25, -0.2) is 9.59 Å². The van der Waals surface area contributed by atoms with Crippen molar-refractivity contribution in [2.45, 2.75) is 104 Å². The van der Waals surface area contributed by atoms with Gasteiger partial charge < -0.3 is 52.4 Å². The Kier molecular flexibility index (Phi) is 26.5. The summed E-state index contributed by atoms with van der Waals surface area (Å²) >= 11 is 0. The first-order chi connectivity index (χ1) is 18.2. The van der Waals surface area contributed by atoms with Gasteiger partial charge in [0.1, 0.15) is 0 Å². The fraction of sp³-hybridized carbons (Fsp3) is 0.935. The number of carbonyl (C=O) groups excluding carboxylic acids is 2. The Labute approximate surface area is 268 Å². The van der Waals surface area contributed by atoms with Crippen LogP contribution in [0.5, 0.6) is 0 Å². The molecule has 7 nitrogen and oxygen atoms in total. The molecule has 0 spiro atoms. The maximum atomic E-state index is 12.4. The molecule has 9 heteroatoms. The van der Waals surface area contributed by atoms with Gasteiger partial charge in [0.2, 0.25) is 0 Å². The number of halogens is 2. The highest BCUT2D eigenvalue weighted by molar-refractivity contribution is 5.70. The van der Waals surface area contributed by atoms with E-state index in [1.807, 2.05) is 0 Å². The van der Waals surface area contributed by atoms with Gasteiger partial charge in [0.25, 0.3) is 0 Å². The van der Waals surface area contributed by atoms with Gasteiger partial charge in [0.15, 0.2) is 13.1 Å². The third-order valence-corrected chi connectivity index (χ3v) is 8.02. The summed E-state index contributed by atoms with van der Waals surface area (Å²) < 4.78 is 12.5. The molecule has 1 rings (SSSR count). The number of quaternary nitrogens is 2. The minimum absolute atomic E-state index is 0. The van der Waals surface area contributed by atoms with E-state index >= 15 is 0 Å². The zero-order valence-electron chi connectivity index (χ0n) is 26.7. The van der Waals surface area contributed by atoms with Gasteiger partial charge in [0, 0.05) is 19.6 Å². The van der Waals surface area contributed by atoms with E-state index in [0.29, 0.717) is 30.8 Å². The van der Waals surface area contributed by atoms with Gasteiger partial charge in [-0.3, -0.25) is 4.90 Å². The lowest BCUT2D eigenvalue weighted by Gasteiger charge is -2.42. The van der Waals surface area contributed by atoms with E-state index in [4.69, 9.17) is 9.47 Å². The topological polar surface area (TPSA) is 55.8 Å². The highest BCUT2D eigenvalue weighted by Crippen LogP contribution is 2.12. The van der Waals surface area contributed by atoms with E-state index in [2.05, 4.69) is 39.9 Å². The second-order valence-corrected chi connectivity index (χ2v) is 12.6. The van der Waals surface area contributed by atoms with Gasteiger partial charge in [-0.05, 0) is 12.8 Å². The molecule has 0 radical (unpaired) electrons. The lowest BCUT2D eigenvalue weighted by atomic mass is 10.1. The third kappa shape index (κ3) is 22.4. The van der Waals surface area contributed by atoms with Crippen LogP contribution < -0.4 is 34.0 Å². The average molecular weight is 702 g/mol. The molecule has 0 N–H and O–H groups in total. The molecule has 0 atom stereocenters. The van der Waals surface area contributed by atoms with Gasteiger partial charge in [0.05, 0.1) is 54.0 Å². The molecule has 0 aromatic carbocycles. The molecular weight excluding hydrogens is 638 g/mol. The van der Waals surface area contributed by atoms with Gasteiger partial charge in [-0.15, -0.1) is 0 Å². The van der Waals surface area contributed by atoms with Crippen LogP contribution in [-0.2, 0) is 19.1 Å². The molecule has 1 aliphatic heterocycles. The molecule has 1 heterocycles. The van der Waals surface area contributed by atoms with Crippen molar-refractivity contribution in [2.75, 3.05) is 86.7 Å². The largest absolute Gasteiger partial charge is 1.00 e. The minimum Gasteiger partial charge on any atom is -1.00 e. The number of hydrogen-bond acceptors (Lipinski definition) is 5. The number of likely N-dealkylation sites (N-methyl/N-ethyl adjacent to an activating group) is 2. The van der Waals surface area contributed by atoms with Crippen molar-refractivity contribution in [1.29, 1.82) is 0 Å². The number of piperazine rings is 1. The van der Waals surface area contributed by atoms with Crippen LogP contribution in [0.2, 0.25) is 0 Å². The van der Waals surface area contributed by atoms with E-state index in [1.54, 1.807) is 0 Å². The van der Waals surface area contributed by atoms with E-state index in [1.165, 1.54) is 64.2 Å². The van der Waals surface area contributed by atoms with Crippen LogP contribution in [0.15, 0.2) is 0 Å². The standard InChI is InChI=1S/C31H63N3O4.2BrH/c1-6-8-10-12-14-16-18-26-37-30(35)28-33(3,4)23-20-32-21-24-34(5,25-22-32)29-31(36)38-27-19-17-15-13-11-9-7-2;;/h6-29H2,1-5H3;2*1H/q+2;;/p-2. The second-order valence-electron chi connectivity index (χ2n) is 12.6. The summed E-state index contributed by atoms with van der Waals surface area (Å²) in [7, 11) is 6.40. The summed E-state index contributed by atoms with van der Waals surface area (Å²) in [6, 6.07) is 0. The van der Waals surface area contributed by atoms with Crippen molar-refractivity contribution in [2.24, 2.45) is 0 Å². The molecule has 0 amide bonds. The zero-order valence-corrected chi connectivity index (χ0v) is 29.9. The lowest BCUT2D eigenvalue weighted by Crippen LogP contribution is -3.00. The maximum Gasteiger partial charge on any atom is 0.361 e. The first kappa shape index (κ1) is 41.9. The van der Waals surface area contributed by atoms with Crippen molar-refractivity contribution < 1.29 is 62.0 Å². The van der Waals surface area contributed by atoms with Crippen molar-refractivity contribution in [3.05, 3.63) is 0 Å². The fourth-order valence-electron chi connectivity index (χ4n) is 5.10. The van der Waals surface area contributed by atoms with Gasteiger partial charge in [-0.2, -0.15) is 0 Å². The highest BCUT2D eigenvalue weighted by atomic mass is 79.9. The molecule has 0 unspecified atom stereocenters. The van der Waals surface area contributed by atoms with E-state index in [9.17, 15) is 9.59 Å². The number of hydrogen-bond donors (Lipinski definition) is 0. The summed E-state index contributed by atoms with van der Waals surface area (Å²) in [5, 5.41) is 0. The van der Waals surface area contributed by atoms with Crippen LogP contribution in [0.3, 0.4) is 0 Å². The van der Waals surface area contributed by atoms with Crippen molar-refractivity contribution in [3.8, 4) is 0 Å². The fourth-order valence-corrected chi connectivity index (χ4v) is 5.10. The van der Waals surface area contributed by atoms with Crippen LogP contribution in [-0.4, -0.2) is 113 Å². The molecule has 1 fully saturated rings. The van der Waals surface area contributed by atoms with Crippen molar-refractivity contribution in [1.82, 2.24) is 4.90 Å². The van der Waals surface area contributed by atoms with Crippen molar-refractivity contribution >= 4 is 11.9 Å². The summed E-state index contributed by atoms with van der Waals surface area (Å²) in [4.78, 5) is 27.2. The first-order valence-electron chi connectivity index (χ1n) is 15.9. The lowest BCUT2D eigenvalue weighted by molar-refractivity contribution is -0.907. The maximum absolute atomic E-state index is 12.4. The molecular formula is C31H63Br2N3O4. The van der Waals surface area contributed by atoms with Crippen LogP contribution in [0.4, 0.5) is 0 Å². The molecule has 0 saturated carbocycles. The van der Waals surface area contributed by atoms with Crippen LogP contribution in [0, 0.1) is 0 Å². The molecule has 0 bridgehead atoms. The monoisotopic (exact) mass is 699 g/mol. The molecule has 0 aromatic rings. The number of ether oxygens (including phenoxy) is 2. The van der Waals surface area contributed by atoms with Crippen LogP contribution in [0.25, 0.3) is 0 Å². The Bertz CT molecular complexity index is 630. The predicted octanol–water partition coefficient (Wildman–Crippen LogP) is -0.579. The average Bonchev–Trinajstić information content (AvgIpc) is 2.86. The smallest absolute Gasteiger partial charge is 0.361 e. The summed E-state index contributed by atoms with van der Waals surface area (Å²) in [5.74, 6) is -0.140. The number of nitrogens with zero attached hydrogens (tertiary/aromatic N) is 3. The Morgan fingerprint density at radius 1 is 0.700 bits per heavy atom. The predicted molar refractivity (Wildman–Crippen MR) is 157 cm³/mol. The Balaban J connectivity index is 0. The summed E-state index contributed by atoms with van der Waals surface area (Å²) in [6.07, 6.45) is 17.2. The van der Waals surface area contributed by atoms with Crippen LogP contribution in [0.1, 0.15) is 104 Å². The van der Waals surface area contributed by atoms with E-state index in [0.717, 1.165) is 69.4 Å². The number of esters is 2. The van der Waals surface area contributed by atoms with Gasteiger partial charge in [-0.1, -0.05) is 90.9 Å². The molecule has 240 valence electrons.